The Balaban J connectivity index is 1.62. The smallest absolute Gasteiger partial charge is 0.0170 e. The largest absolute Gasteiger partial charge is 0.316 e. The molecule has 23 heavy (non-hydrogen) atoms. The molecule has 0 amide bonds. The highest BCUT2D eigenvalue weighted by Crippen LogP contribution is 2.19. The molecule has 0 aromatic heterocycles. The molecular formula is C19H33N3S. The summed E-state index contributed by atoms with van der Waals surface area (Å²) in [5, 5.41) is 3.49. The molecule has 0 saturated carbocycles. The van der Waals surface area contributed by atoms with Crippen molar-refractivity contribution in [3.8, 4) is 0 Å². The number of nitrogens with one attached hydrogen (secondary N) is 1. The SMILES string of the molecule is CCCCN1CCN(CC[C@H](CSc2ccccc2)NC)CC1. The quantitative estimate of drug-likeness (QED) is 0.662. The average Bonchev–Trinajstić information content (AvgIpc) is 2.62. The molecule has 1 N–H and O–H groups in total. The van der Waals surface area contributed by atoms with E-state index in [-0.39, 0.29) is 0 Å². The highest BCUT2D eigenvalue weighted by molar-refractivity contribution is 7.99. The summed E-state index contributed by atoms with van der Waals surface area (Å²) in [5.74, 6) is 1.15. The molecule has 2 rings (SSSR count). The highest BCUT2D eigenvalue weighted by atomic mass is 32.2. The number of nitrogens with zero attached hydrogens (tertiary/aromatic N) is 2. The Morgan fingerprint density at radius 3 is 2.30 bits per heavy atom. The Labute approximate surface area is 146 Å². The van der Waals surface area contributed by atoms with Gasteiger partial charge in [-0.15, -0.1) is 11.8 Å². The van der Waals surface area contributed by atoms with E-state index in [1.165, 1.54) is 63.4 Å². The van der Waals surface area contributed by atoms with Crippen LogP contribution < -0.4 is 5.32 Å². The van der Waals surface area contributed by atoms with E-state index in [1.807, 2.05) is 11.8 Å². The molecule has 0 radical (unpaired) electrons. The first kappa shape index (κ1) is 18.8. The molecule has 1 heterocycles. The van der Waals surface area contributed by atoms with Gasteiger partial charge in [0.05, 0.1) is 0 Å². The first-order valence-electron chi connectivity index (χ1n) is 9.11. The number of benzene rings is 1. The molecular weight excluding hydrogens is 302 g/mol. The van der Waals surface area contributed by atoms with Gasteiger partial charge in [0.15, 0.2) is 0 Å². The lowest BCUT2D eigenvalue weighted by atomic mass is 10.2. The van der Waals surface area contributed by atoms with Crippen molar-refractivity contribution < 1.29 is 0 Å². The van der Waals surface area contributed by atoms with Gasteiger partial charge in [-0.1, -0.05) is 31.5 Å². The van der Waals surface area contributed by atoms with E-state index in [0.717, 1.165) is 5.75 Å². The topological polar surface area (TPSA) is 18.5 Å². The number of piperazine rings is 1. The van der Waals surface area contributed by atoms with Crippen molar-refractivity contribution in [2.75, 3.05) is 52.1 Å². The molecule has 1 aromatic rings. The van der Waals surface area contributed by atoms with E-state index < -0.39 is 0 Å². The van der Waals surface area contributed by atoms with Crippen LogP contribution in [0.25, 0.3) is 0 Å². The van der Waals surface area contributed by atoms with Gasteiger partial charge in [0.1, 0.15) is 0 Å². The van der Waals surface area contributed by atoms with Crippen LogP contribution in [0.3, 0.4) is 0 Å². The Hall–Kier alpha value is -0.550. The predicted molar refractivity (Wildman–Crippen MR) is 102 cm³/mol. The maximum atomic E-state index is 3.49. The zero-order chi connectivity index (χ0) is 16.3. The third kappa shape index (κ3) is 7.25. The highest BCUT2D eigenvalue weighted by Gasteiger charge is 2.17. The molecule has 0 unspecified atom stereocenters. The third-order valence-electron chi connectivity index (χ3n) is 4.69. The standard InChI is InChI=1S/C19H33N3S/c1-3-4-11-21-13-15-22(16-14-21)12-10-18(20-2)17-23-19-8-6-5-7-9-19/h5-9,18,20H,3-4,10-17H2,1-2H3/t18-/m1/s1. The first-order chi connectivity index (χ1) is 11.3. The average molecular weight is 336 g/mol. The van der Waals surface area contributed by atoms with Crippen molar-refractivity contribution in [2.45, 2.75) is 37.1 Å². The van der Waals surface area contributed by atoms with E-state index >= 15 is 0 Å². The van der Waals surface area contributed by atoms with Gasteiger partial charge >= 0.3 is 0 Å². The fraction of sp³-hybridized carbons (Fsp3) is 0.684. The van der Waals surface area contributed by atoms with E-state index in [2.05, 4.69) is 59.4 Å². The molecule has 1 aliphatic rings. The van der Waals surface area contributed by atoms with Crippen LogP contribution in [-0.2, 0) is 0 Å². The Kier molecular flexibility index (Phi) is 9.05. The lowest BCUT2D eigenvalue weighted by molar-refractivity contribution is 0.128. The lowest BCUT2D eigenvalue weighted by Crippen LogP contribution is -2.47. The van der Waals surface area contributed by atoms with Crippen molar-refractivity contribution in [2.24, 2.45) is 0 Å². The number of rotatable bonds is 10. The van der Waals surface area contributed by atoms with Crippen molar-refractivity contribution in [3.63, 3.8) is 0 Å². The van der Waals surface area contributed by atoms with Gasteiger partial charge in [-0.2, -0.15) is 0 Å². The molecule has 1 saturated heterocycles. The molecule has 1 atom stereocenters. The monoisotopic (exact) mass is 335 g/mol. The number of unbranched alkanes of at least 4 members (excludes halogenated alkanes) is 1. The Morgan fingerprint density at radius 2 is 1.70 bits per heavy atom. The third-order valence-corrected chi connectivity index (χ3v) is 5.86. The number of hydrogen-bond donors (Lipinski definition) is 1. The molecule has 1 aromatic carbocycles. The fourth-order valence-electron chi connectivity index (χ4n) is 2.98. The van der Waals surface area contributed by atoms with Crippen LogP contribution in [0.1, 0.15) is 26.2 Å². The van der Waals surface area contributed by atoms with Gasteiger partial charge in [-0.3, -0.25) is 0 Å². The minimum atomic E-state index is 0.596. The summed E-state index contributed by atoms with van der Waals surface area (Å²) in [6, 6.07) is 11.3. The normalized spacial score (nSPS) is 18.2. The maximum absolute atomic E-state index is 3.49. The second-order valence-electron chi connectivity index (χ2n) is 6.44. The van der Waals surface area contributed by atoms with Gasteiger partial charge in [-0.25, -0.2) is 0 Å². The zero-order valence-electron chi connectivity index (χ0n) is 14.8. The van der Waals surface area contributed by atoms with Crippen LogP contribution in [0.2, 0.25) is 0 Å². The van der Waals surface area contributed by atoms with Crippen LogP contribution in [0.5, 0.6) is 0 Å². The molecule has 0 aliphatic carbocycles. The minimum Gasteiger partial charge on any atom is -0.316 e. The summed E-state index contributed by atoms with van der Waals surface area (Å²) < 4.78 is 0. The van der Waals surface area contributed by atoms with Crippen LogP contribution in [-0.4, -0.2) is 67.9 Å². The minimum absolute atomic E-state index is 0.596. The van der Waals surface area contributed by atoms with E-state index in [1.54, 1.807) is 0 Å². The summed E-state index contributed by atoms with van der Waals surface area (Å²) in [5.41, 5.74) is 0. The summed E-state index contributed by atoms with van der Waals surface area (Å²) in [7, 11) is 2.10. The Bertz CT molecular complexity index is 404. The van der Waals surface area contributed by atoms with Crippen LogP contribution >= 0.6 is 11.8 Å². The first-order valence-corrected chi connectivity index (χ1v) is 10.1. The summed E-state index contributed by atoms with van der Waals surface area (Å²) in [6.07, 6.45) is 3.90. The molecule has 3 nitrogen and oxygen atoms in total. The van der Waals surface area contributed by atoms with Crippen molar-refractivity contribution in [3.05, 3.63) is 30.3 Å². The van der Waals surface area contributed by atoms with Crippen LogP contribution in [0, 0.1) is 0 Å². The molecule has 1 aliphatic heterocycles. The molecule has 4 heteroatoms. The van der Waals surface area contributed by atoms with Crippen molar-refractivity contribution in [1.82, 2.24) is 15.1 Å². The van der Waals surface area contributed by atoms with Crippen molar-refractivity contribution in [1.29, 1.82) is 0 Å². The summed E-state index contributed by atoms with van der Waals surface area (Å²) in [4.78, 5) is 6.64. The van der Waals surface area contributed by atoms with Crippen LogP contribution in [0.15, 0.2) is 35.2 Å². The van der Waals surface area contributed by atoms with Crippen molar-refractivity contribution >= 4 is 11.8 Å². The predicted octanol–water partition coefficient (Wildman–Crippen LogP) is 3.17. The number of thioether (sulfide) groups is 1. The second-order valence-corrected chi connectivity index (χ2v) is 7.53. The fourth-order valence-corrected chi connectivity index (χ4v) is 4.06. The molecule has 0 bridgehead atoms. The molecule has 1 fully saturated rings. The van der Waals surface area contributed by atoms with E-state index in [0.29, 0.717) is 6.04 Å². The Morgan fingerprint density at radius 1 is 1.04 bits per heavy atom. The maximum Gasteiger partial charge on any atom is 0.0170 e. The van der Waals surface area contributed by atoms with E-state index in [9.17, 15) is 0 Å². The van der Waals surface area contributed by atoms with Gasteiger partial charge in [-0.05, 0) is 45.1 Å². The van der Waals surface area contributed by atoms with Gasteiger partial charge in [0.25, 0.3) is 0 Å². The molecule has 130 valence electrons. The van der Waals surface area contributed by atoms with Gasteiger partial charge in [0, 0.05) is 42.9 Å². The van der Waals surface area contributed by atoms with E-state index in [4.69, 9.17) is 0 Å². The summed E-state index contributed by atoms with van der Waals surface area (Å²) >= 11 is 1.96. The lowest BCUT2D eigenvalue weighted by Gasteiger charge is -2.35. The molecule has 0 spiro atoms. The van der Waals surface area contributed by atoms with Gasteiger partial charge < -0.3 is 15.1 Å². The zero-order valence-corrected chi connectivity index (χ0v) is 15.7. The second kappa shape index (κ2) is 11.1. The van der Waals surface area contributed by atoms with Crippen LogP contribution in [0.4, 0.5) is 0 Å². The van der Waals surface area contributed by atoms with Gasteiger partial charge in [0.2, 0.25) is 0 Å². The summed E-state index contributed by atoms with van der Waals surface area (Å²) in [6.45, 7) is 9.78. The number of hydrogen-bond acceptors (Lipinski definition) is 4.